The Morgan fingerprint density at radius 1 is 1.59 bits per heavy atom. The van der Waals surface area contributed by atoms with Crippen LogP contribution in [-0.4, -0.2) is 20.5 Å². The summed E-state index contributed by atoms with van der Waals surface area (Å²) in [5.74, 6) is -0.366. The first-order chi connectivity index (χ1) is 8.18. The molecule has 0 saturated carbocycles. The van der Waals surface area contributed by atoms with E-state index in [1.54, 1.807) is 6.33 Å². The van der Waals surface area contributed by atoms with Crippen LogP contribution in [0.1, 0.15) is 37.7 Å². The number of rotatable bonds is 5. The smallest absolute Gasteiger partial charge is 0.303 e. The first kappa shape index (κ1) is 11.6. The van der Waals surface area contributed by atoms with Crippen molar-refractivity contribution in [2.45, 2.75) is 32.1 Å². The third-order valence-corrected chi connectivity index (χ3v) is 3.04. The minimum atomic E-state index is -0.722. The second kappa shape index (κ2) is 4.99. The highest BCUT2D eigenvalue weighted by Crippen LogP contribution is 2.25. The van der Waals surface area contributed by atoms with Crippen LogP contribution >= 0.6 is 0 Å². The maximum absolute atomic E-state index is 10.5. The molecule has 0 amide bonds. The van der Waals surface area contributed by atoms with Gasteiger partial charge in [-0.2, -0.15) is 0 Å². The highest BCUT2D eigenvalue weighted by molar-refractivity contribution is 5.66. The number of carbonyl (C=O) groups is 1. The van der Waals surface area contributed by atoms with Crippen molar-refractivity contribution in [1.29, 1.82) is 0 Å². The van der Waals surface area contributed by atoms with Gasteiger partial charge in [-0.25, -0.2) is 4.98 Å². The Kier molecular flexibility index (Phi) is 3.42. The van der Waals surface area contributed by atoms with Crippen molar-refractivity contribution in [3.05, 3.63) is 36.4 Å². The fourth-order valence-corrected chi connectivity index (χ4v) is 2.10. The number of carboxylic acids is 1. The zero-order valence-corrected chi connectivity index (χ0v) is 9.84. The van der Waals surface area contributed by atoms with Gasteiger partial charge in [0, 0.05) is 12.6 Å². The predicted octanol–water partition coefficient (Wildman–Crippen LogP) is 2.69. The minimum Gasteiger partial charge on any atom is -0.481 e. The lowest BCUT2D eigenvalue weighted by atomic mass is 9.95. The molecular formula is C13H16N2O2. The Labute approximate surface area is 99.9 Å². The number of nitrogens with zero attached hydrogens (tertiary/aromatic N) is 2. The summed E-state index contributed by atoms with van der Waals surface area (Å²) in [4.78, 5) is 14.6. The molecule has 0 aromatic carbocycles. The molecule has 0 aliphatic heterocycles. The first-order valence-electron chi connectivity index (χ1n) is 5.81. The average Bonchev–Trinajstić information content (AvgIpc) is 2.75. The van der Waals surface area contributed by atoms with E-state index < -0.39 is 5.97 Å². The molecule has 0 saturated heterocycles. The fourth-order valence-electron chi connectivity index (χ4n) is 2.10. The average molecular weight is 232 g/mol. The van der Waals surface area contributed by atoms with Crippen LogP contribution in [0.5, 0.6) is 0 Å². The van der Waals surface area contributed by atoms with E-state index >= 15 is 0 Å². The molecule has 2 aromatic heterocycles. The first-order valence-corrected chi connectivity index (χ1v) is 5.81. The van der Waals surface area contributed by atoms with Gasteiger partial charge in [0.25, 0.3) is 0 Å². The molecule has 1 N–H and O–H groups in total. The summed E-state index contributed by atoms with van der Waals surface area (Å²) in [6.07, 6.45) is 7.44. The van der Waals surface area contributed by atoms with E-state index in [1.807, 2.05) is 22.9 Å². The van der Waals surface area contributed by atoms with Crippen LogP contribution in [0.3, 0.4) is 0 Å². The number of aromatic nitrogens is 2. The van der Waals surface area contributed by atoms with E-state index in [-0.39, 0.29) is 6.42 Å². The fraction of sp³-hybridized carbons (Fsp3) is 0.385. The summed E-state index contributed by atoms with van der Waals surface area (Å²) in [6.45, 7) is 2.13. The van der Waals surface area contributed by atoms with E-state index in [4.69, 9.17) is 5.11 Å². The number of imidazole rings is 1. The normalized spacial score (nSPS) is 12.8. The molecule has 1 atom stereocenters. The highest BCUT2D eigenvalue weighted by atomic mass is 16.4. The molecule has 2 rings (SSSR count). The zero-order chi connectivity index (χ0) is 12.3. The van der Waals surface area contributed by atoms with Crippen molar-refractivity contribution in [2.75, 3.05) is 0 Å². The van der Waals surface area contributed by atoms with Crippen molar-refractivity contribution >= 4 is 11.5 Å². The molecule has 17 heavy (non-hydrogen) atoms. The second-order valence-electron chi connectivity index (χ2n) is 4.34. The quantitative estimate of drug-likeness (QED) is 0.862. The van der Waals surface area contributed by atoms with Gasteiger partial charge >= 0.3 is 5.97 Å². The standard InChI is InChI=1S/C13H16N2O2/c1-10(4-2-6-13(16)17)11-5-3-7-15-9-14-8-12(11)15/h3,5,7-10H,2,4,6H2,1H3,(H,16,17). The Morgan fingerprint density at radius 3 is 3.18 bits per heavy atom. The summed E-state index contributed by atoms with van der Waals surface area (Å²) in [6, 6.07) is 4.08. The van der Waals surface area contributed by atoms with Gasteiger partial charge in [-0.1, -0.05) is 13.0 Å². The largest absolute Gasteiger partial charge is 0.481 e. The Bertz CT molecular complexity index is 519. The number of hydrogen-bond donors (Lipinski definition) is 1. The van der Waals surface area contributed by atoms with E-state index in [1.165, 1.54) is 5.56 Å². The SMILES string of the molecule is CC(CCCC(=O)O)c1cccn2cncc12. The lowest BCUT2D eigenvalue weighted by Crippen LogP contribution is -2.00. The van der Waals surface area contributed by atoms with Crippen LogP contribution in [0.15, 0.2) is 30.9 Å². The van der Waals surface area contributed by atoms with Gasteiger partial charge in [-0.05, 0) is 30.4 Å². The third kappa shape index (κ3) is 2.64. The Balaban J connectivity index is 2.10. The van der Waals surface area contributed by atoms with Crippen molar-refractivity contribution in [3.63, 3.8) is 0 Å². The van der Waals surface area contributed by atoms with Gasteiger partial charge < -0.3 is 9.51 Å². The van der Waals surface area contributed by atoms with Crippen molar-refractivity contribution in [3.8, 4) is 0 Å². The topological polar surface area (TPSA) is 54.6 Å². The molecule has 0 spiro atoms. The molecule has 90 valence electrons. The molecule has 2 aromatic rings. The summed E-state index contributed by atoms with van der Waals surface area (Å²) in [5.41, 5.74) is 2.34. The summed E-state index contributed by atoms with van der Waals surface area (Å²) in [5, 5.41) is 8.62. The van der Waals surface area contributed by atoms with Gasteiger partial charge in [0.2, 0.25) is 0 Å². The lowest BCUT2D eigenvalue weighted by molar-refractivity contribution is -0.137. The molecule has 0 radical (unpaired) electrons. The molecule has 0 fully saturated rings. The number of aliphatic carboxylic acids is 1. The summed E-state index contributed by atoms with van der Waals surface area (Å²) < 4.78 is 1.99. The zero-order valence-electron chi connectivity index (χ0n) is 9.84. The maximum Gasteiger partial charge on any atom is 0.303 e. The predicted molar refractivity (Wildman–Crippen MR) is 65.1 cm³/mol. The molecule has 2 heterocycles. The molecule has 4 heteroatoms. The van der Waals surface area contributed by atoms with Gasteiger partial charge in [0.1, 0.15) is 0 Å². The van der Waals surface area contributed by atoms with E-state index in [0.29, 0.717) is 12.3 Å². The molecule has 0 aliphatic rings. The number of pyridine rings is 1. The number of carboxylic acid groups (broad SMARTS) is 1. The molecule has 1 unspecified atom stereocenters. The van der Waals surface area contributed by atoms with E-state index in [9.17, 15) is 4.79 Å². The van der Waals surface area contributed by atoms with Crippen molar-refractivity contribution in [2.24, 2.45) is 0 Å². The summed E-state index contributed by atoms with van der Waals surface area (Å²) >= 11 is 0. The summed E-state index contributed by atoms with van der Waals surface area (Å²) in [7, 11) is 0. The van der Waals surface area contributed by atoms with Crippen LogP contribution in [-0.2, 0) is 4.79 Å². The number of hydrogen-bond acceptors (Lipinski definition) is 2. The maximum atomic E-state index is 10.5. The van der Waals surface area contributed by atoms with Crippen LogP contribution in [0, 0.1) is 0 Å². The van der Waals surface area contributed by atoms with Gasteiger partial charge in [-0.3, -0.25) is 4.79 Å². The molecule has 0 aliphatic carbocycles. The second-order valence-corrected chi connectivity index (χ2v) is 4.34. The lowest BCUT2D eigenvalue weighted by Gasteiger charge is -2.12. The van der Waals surface area contributed by atoms with Crippen LogP contribution in [0.4, 0.5) is 0 Å². The highest BCUT2D eigenvalue weighted by Gasteiger charge is 2.10. The molecule has 0 bridgehead atoms. The van der Waals surface area contributed by atoms with Crippen molar-refractivity contribution in [1.82, 2.24) is 9.38 Å². The molecular weight excluding hydrogens is 216 g/mol. The van der Waals surface area contributed by atoms with Crippen LogP contribution < -0.4 is 0 Å². The van der Waals surface area contributed by atoms with Gasteiger partial charge in [0.15, 0.2) is 0 Å². The molecule has 4 nitrogen and oxygen atoms in total. The monoisotopic (exact) mass is 232 g/mol. The van der Waals surface area contributed by atoms with Crippen LogP contribution in [0.25, 0.3) is 5.52 Å². The third-order valence-electron chi connectivity index (χ3n) is 3.04. The minimum absolute atomic E-state index is 0.243. The van der Waals surface area contributed by atoms with E-state index in [2.05, 4.69) is 18.0 Å². The van der Waals surface area contributed by atoms with Gasteiger partial charge in [0.05, 0.1) is 18.0 Å². The number of fused-ring (bicyclic) bond motifs is 1. The Morgan fingerprint density at radius 2 is 2.41 bits per heavy atom. The Hall–Kier alpha value is -1.84. The van der Waals surface area contributed by atoms with E-state index in [0.717, 1.165) is 11.9 Å². The van der Waals surface area contributed by atoms with Gasteiger partial charge in [-0.15, -0.1) is 0 Å². The van der Waals surface area contributed by atoms with Crippen LogP contribution in [0.2, 0.25) is 0 Å². The van der Waals surface area contributed by atoms with Crippen molar-refractivity contribution < 1.29 is 9.90 Å².